The van der Waals surface area contributed by atoms with E-state index >= 15 is 0 Å². The molecular formula is C23H20N2O4. The van der Waals surface area contributed by atoms with E-state index in [1.807, 2.05) is 32.0 Å². The molecule has 4 aromatic rings. The quantitative estimate of drug-likeness (QED) is 0.538. The van der Waals surface area contributed by atoms with Crippen molar-refractivity contribution in [3.05, 3.63) is 88.9 Å². The first-order valence-electron chi connectivity index (χ1n) is 9.19. The first-order valence-corrected chi connectivity index (χ1v) is 9.19. The van der Waals surface area contributed by atoms with Crippen LogP contribution >= 0.6 is 0 Å². The Morgan fingerprint density at radius 2 is 1.93 bits per heavy atom. The van der Waals surface area contributed by atoms with Crippen molar-refractivity contribution in [1.82, 2.24) is 5.32 Å². The monoisotopic (exact) mass is 388 g/mol. The Morgan fingerprint density at radius 3 is 2.69 bits per heavy atom. The second-order valence-corrected chi connectivity index (χ2v) is 6.83. The minimum atomic E-state index is -0.331. The van der Waals surface area contributed by atoms with E-state index < -0.39 is 0 Å². The minimum Gasteiger partial charge on any atom is -0.508 e. The van der Waals surface area contributed by atoms with Gasteiger partial charge in [0.1, 0.15) is 22.7 Å². The molecule has 0 unspecified atom stereocenters. The number of rotatable bonds is 4. The summed E-state index contributed by atoms with van der Waals surface area (Å²) >= 11 is 0. The van der Waals surface area contributed by atoms with Gasteiger partial charge in [0.05, 0.1) is 18.5 Å². The predicted molar refractivity (Wildman–Crippen MR) is 109 cm³/mol. The first kappa shape index (κ1) is 18.6. The normalized spacial score (nSPS) is 11.7. The van der Waals surface area contributed by atoms with Crippen LogP contribution in [-0.2, 0) is 6.54 Å². The maximum atomic E-state index is 12.9. The van der Waals surface area contributed by atoms with E-state index in [0.29, 0.717) is 28.0 Å². The molecule has 0 saturated carbocycles. The highest BCUT2D eigenvalue weighted by Gasteiger charge is 2.14. The van der Waals surface area contributed by atoms with E-state index in [-0.39, 0.29) is 23.8 Å². The third-order valence-corrected chi connectivity index (χ3v) is 4.70. The number of benzene rings is 2. The van der Waals surface area contributed by atoms with Gasteiger partial charge in [0.25, 0.3) is 5.91 Å². The summed E-state index contributed by atoms with van der Waals surface area (Å²) in [5, 5.41) is 13.3. The van der Waals surface area contributed by atoms with Crippen molar-refractivity contribution in [2.45, 2.75) is 20.4 Å². The number of nitrogens with zero attached hydrogens (tertiary/aromatic N) is 1. The summed E-state index contributed by atoms with van der Waals surface area (Å²) in [5.74, 6) is 0.393. The van der Waals surface area contributed by atoms with Crippen molar-refractivity contribution in [3.8, 4) is 5.75 Å². The van der Waals surface area contributed by atoms with E-state index in [1.165, 1.54) is 6.07 Å². The van der Waals surface area contributed by atoms with Crippen molar-refractivity contribution < 1.29 is 18.7 Å². The van der Waals surface area contributed by atoms with Gasteiger partial charge in [-0.05, 0) is 67.4 Å². The number of carbonyl (C=O) groups excluding carboxylic acids is 1. The fourth-order valence-corrected chi connectivity index (χ4v) is 2.94. The number of phenolic OH excluding ortho intramolecular Hbond substituents is 1. The smallest absolute Gasteiger partial charge is 0.257 e. The molecule has 29 heavy (non-hydrogen) atoms. The van der Waals surface area contributed by atoms with Gasteiger partial charge >= 0.3 is 0 Å². The molecule has 6 heteroatoms. The van der Waals surface area contributed by atoms with Crippen molar-refractivity contribution in [1.29, 1.82) is 0 Å². The molecule has 146 valence electrons. The van der Waals surface area contributed by atoms with E-state index in [2.05, 4.69) is 10.3 Å². The van der Waals surface area contributed by atoms with E-state index in [4.69, 9.17) is 8.83 Å². The van der Waals surface area contributed by atoms with Crippen molar-refractivity contribution >= 4 is 22.6 Å². The van der Waals surface area contributed by atoms with Crippen LogP contribution in [0, 0.1) is 13.8 Å². The zero-order chi connectivity index (χ0) is 20.4. The lowest BCUT2D eigenvalue weighted by atomic mass is 10.1. The first-order chi connectivity index (χ1) is 14.0. The molecule has 1 amide bonds. The lowest BCUT2D eigenvalue weighted by molar-refractivity contribution is 0.0944. The van der Waals surface area contributed by atoms with Crippen molar-refractivity contribution in [2.24, 2.45) is 4.99 Å². The number of aryl methyl sites for hydroxylation is 2. The Kier molecular flexibility index (Phi) is 4.91. The Morgan fingerprint density at radius 1 is 1.07 bits per heavy atom. The number of aromatic hydroxyl groups is 1. The number of nitrogens with one attached hydrogen (secondary N) is 1. The van der Waals surface area contributed by atoms with Crippen LogP contribution in [0.5, 0.6) is 5.75 Å². The van der Waals surface area contributed by atoms with Crippen LogP contribution in [0.1, 0.15) is 27.2 Å². The second-order valence-electron chi connectivity index (χ2n) is 6.83. The average Bonchev–Trinajstić information content (AvgIpc) is 3.22. The second kappa shape index (κ2) is 7.67. The molecule has 0 aliphatic heterocycles. The Bertz CT molecular complexity index is 1250. The highest BCUT2D eigenvalue weighted by Crippen LogP contribution is 2.21. The highest BCUT2D eigenvalue weighted by molar-refractivity contribution is 5.96. The Labute approximate surface area is 167 Å². The van der Waals surface area contributed by atoms with Gasteiger partial charge in [0, 0.05) is 11.5 Å². The number of hydrogen-bond donors (Lipinski definition) is 2. The standard InChI is InChI=1S/C23H20N2O4/c1-14-5-7-17(10-15(14)2)25-23-20(22(27)24-13-19-4-3-9-28-19)11-16-6-8-18(26)12-21(16)29-23/h3-12,26H,13H2,1-2H3,(H,24,27). The predicted octanol–water partition coefficient (Wildman–Crippen LogP) is 4.51. The van der Waals surface area contributed by atoms with Gasteiger partial charge in [-0.15, -0.1) is 0 Å². The van der Waals surface area contributed by atoms with Gasteiger partial charge < -0.3 is 19.3 Å². The van der Waals surface area contributed by atoms with Crippen LogP contribution in [0.15, 0.2) is 74.7 Å². The van der Waals surface area contributed by atoms with E-state index in [0.717, 1.165) is 11.1 Å². The summed E-state index contributed by atoms with van der Waals surface area (Å²) in [6.07, 6.45) is 1.56. The molecule has 2 aromatic carbocycles. The third kappa shape index (κ3) is 4.06. The SMILES string of the molecule is Cc1ccc(N=c2oc3cc(O)ccc3cc2C(=O)NCc2ccco2)cc1C. The number of phenols is 1. The van der Waals surface area contributed by atoms with Gasteiger partial charge in [0.15, 0.2) is 0 Å². The molecule has 4 rings (SSSR count). The lowest BCUT2D eigenvalue weighted by Crippen LogP contribution is -2.28. The van der Waals surface area contributed by atoms with Crippen LogP contribution in [0.4, 0.5) is 5.69 Å². The molecular weight excluding hydrogens is 368 g/mol. The molecule has 0 bridgehead atoms. The molecule has 0 radical (unpaired) electrons. The Hall–Kier alpha value is -3.80. The number of amides is 1. The zero-order valence-electron chi connectivity index (χ0n) is 16.1. The van der Waals surface area contributed by atoms with Crippen molar-refractivity contribution in [2.75, 3.05) is 0 Å². The number of carbonyl (C=O) groups is 1. The fraction of sp³-hybridized carbons (Fsp3) is 0.130. The molecule has 0 spiro atoms. The van der Waals surface area contributed by atoms with Gasteiger partial charge in [-0.2, -0.15) is 0 Å². The summed E-state index contributed by atoms with van der Waals surface area (Å²) in [6, 6.07) is 15.8. The number of furan rings is 1. The molecule has 6 nitrogen and oxygen atoms in total. The molecule has 2 aromatic heterocycles. The molecule has 0 aliphatic carbocycles. The topological polar surface area (TPSA) is 88.0 Å². The number of fused-ring (bicyclic) bond motifs is 1. The third-order valence-electron chi connectivity index (χ3n) is 4.70. The summed E-state index contributed by atoms with van der Waals surface area (Å²) < 4.78 is 11.2. The van der Waals surface area contributed by atoms with E-state index in [1.54, 1.807) is 36.6 Å². The fourth-order valence-electron chi connectivity index (χ4n) is 2.94. The van der Waals surface area contributed by atoms with Crippen LogP contribution in [0.25, 0.3) is 11.0 Å². The summed E-state index contributed by atoms with van der Waals surface area (Å²) in [7, 11) is 0. The van der Waals surface area contributed by atoms with Crippen LogP contribution in [-0.4, -0.2) is 11.0 Å². The molecule has 2 N–H and O–H groups in total. The van der Waals surface area contributed by atoms with Crippen LogP contribution in [0.2, 0.25) is 0 Å². The number of hydrogen-bond acceptors (Lipinski definition) is 5. The minimum absolute atomic E-state index is 0.0772. The van der Waals surface area contributed by atoms with Gasteiger partial charge in [-0.1, -0.05) is 6.07 Å². The van der Waals surface area contributed by atoms with Crippen molar-refractivity contribution in [3.63, 3.8) is 0 Å². The lowest BCUT2D eigenvalue weighted by Gasteiger charge is -2.07. The molecule has 2 heterocycles. The summed E-state index contributed by atoms with van der Waals surface area (Å²) in [4.78, 5) is 17.4. The molecule has 0 atom stereocenters. The van der Waals surface area contributed by atoms with Crippen LogP contribution < -0.4 is 10.9 Å². The van der Waals surface area contributed by atoms with Gasteiger partial charge in [-0.3, -0.25) is 4.79 Å². The maximum absolute atomic E-state index is 12.9. The van der Waals surface area contributed by atoms with Crippen LogP contribution in [0.3, 0.4) is 0 Å². The molecule has 0 aliphatic rings. The maximum Gasteiger partial charge on any atom is 0.257 e. The molecule has 0 fully saturated rings. The summed E-state index contributed by atoms with van der Waals surface area (Å²) in [5.41, 5.74) is 3.83. The van der Waals surface area contributed by atoms with Gasteiger partial charge in [0.2, 0.25) is 5.55 Å². The zero-order valence-corrected chi connectivity index (χ0v) is 16.1. The molecule has 0 saturated heterocycles. The largest absolute Gasteiger partial charge is 0.508 e. The van der Waals surface area contributed by atoms with E-state index in [9.17, 15) is 9.90 Å². The van der Waals surface area contributed by atoms with Gasteiger partial charge in [-0.25, -0.2) is 4.99 Å². The highest BCUT2D eigenvalue weighted by atomic mass is 16.3. The average molecular weight is 388 g/mol. The summed E-state index contributed by atoms with van der Waals surface area (Å²) in [6.45, 7) is 4.28. The Balaban J connectivity index is 1.80.